The molecule has 0 saturated carbocycles. The maximum Gasteiger partial charge on any atom is 0.340 e. The van der Waals surface area contributed by atoms with E-state index in [9.17, 15) is 4.79 Å². The maximum atomic E-state index is 12.9. The number of hydrogen-bond acceptors (Lipinski definition) is 2. The number of benzene rings is 4. The number of aromatic nitrogens is 4. The predicted octanol–water partition coefficient (Wildman–Crippen LogP) is 8.81. The van der Waals surface area contributed by atoms with Gasteiger partial charge >= 0.3 is 5.97 Å². The zero-order valence-corrected chi connectivity index (χ0v) is 23.9. The fraction of sp³-hybridized carbons (Fsp3) is 0.108. The Morgan fingerprint density at radius 2 is 1.42 bits per heavy atom. The first-order valence-electron chi connectivity index (χ1n) is 14.5. The van der Waals surface area contributed by atoms with Crippen LogP contribution in [0.1, 0.15) is 45.7 Å². The van der Waals surface area contributed by atoms with Gasteiger partial charge < -0.3 is 24.7 Å². The first-order chi connectivity index (χ1) is 21.1. The van der Waals surface area contributed by atoms with Gasteiger partial charge in [0.1, 0.15) is 0 Å². The van der Waals surface area contributed by atoms with Crippen LogP contribution in [0.3, 0.4) is 0 Å². The average molecular weight is 563 g/mol. The van der Waals surface area contributed by atoms with E-state index >= 15 is 0 Å². The second kappa shape index (κ2) is 9.81. The van der Waals surface area contributed by atoms with Crippen molar-refractivity contribution in [2.45, 2.75) is 19.3 Å². The van der Waals surface area contributed by atoms with Crippen molar-refractivity contribution in [3.63, 3.8) is 0 Å². The summed E-state index contributed by atoms with van der Waals surface area (Å²) >= 11 is 0. The van der Waals surface area contributed by atoms with Crippen LogP contribution in [-0.2, 0) is 11.2 Å². The van der Waals surface area contributed by atoms with Crippen molar-refractivity contribution < 1.29 is 9.53 Å². The summed E-state index contributed by atoms with van der Waals surface area (Å²) in [7, 11) is 1.43. The molecule has 210 valence electrons. The van der Waals surface area contributed by atoms with E-state index in [-0.39, 0.29) is 11.9 Å². The molecule has 1 atom stereocenters. The highest BCUT2D eigenvalue weighted by Crippen LogP contribution is 2.37. The normalized spacial score (nSPS) is 12.5. The summed E-state index contributed by atoms with van der Waals surface area (Å²) in [6.07, 6.45) is 5.00. The van der Waals surface area contributed by atoms with Gasteiger partial charge in [-0.3, -0.25) is 0 Å². The fourth-order valence-corrected chi connectivity index (χ4v) is 6.60. The molecule has 0 aliphatic heterocycles. The van der Waals surface area contributed by atoms with E-state index in [1.165, 1.54) is 29.1 Å². The molecule has 0 amide bonds. The van der Waals surface area contributed by atoms with E-state index in [0.717, 1.165) is 61.6 Å². The molecule has 4 aromatic heterocycles. The van der Waals surface area contributed by atoms with Crippen molar-refractivity contribution >= 4 is 49.6 Å². The Hall–Kier alpha value is -5.49. The van der Waals surface area contributed by atoms with Crippen LogP contribution in [0.4, 0.5) is 0 Å². The number of carbonyl (C=O) groups is 1. The zero-order chi connectivity index (χ0) is 29.1. The van der Waals surface area contributed by atoms with Gasteiger partial charge in [0.25, 0.3) is 0 Å². The van der Waals surface area contributed by atoms with Gasteiger partial charge in [0.05, 0.1) is 12.7 Å². The number of fused-ring (bicyclic) bond motifs is 4. The van der Waals surface area contributed by atoms with Crippen LogP contribution in [0.5, 0.6) is 0 Å². The molecular formula is C37H30N4O2. The van der Waals surface area contributed by atoms with E-state index in [0.29, 0.717) is 5.56 Å². The summed E-state index contributed by atoms with van der Waals surface area (Å²) in [5, 5.41) is 4.46. The van der Waals surface area contributed by atoms with Crippen molar-refractivity contribution in [2.75, 3.05) is 7.11 Å². The highest BCUT2D eigenvalue weighted by atomic mass is 16.5. The second-order valence-electron chi connectivity index (χ2n) is 11.3. The first kappa shape index (κ1) is 25.2. The summed E-state index contributed by atoms with van der Waals surface area (Å²) in [6.45, 7) is 2.13. The number of para-hydroxylation sites is 2. The standard InChI is InChI=1S/C37H30N4O2/c1-21(36-35(37(42)43-2)28-8-4-6-10-34(28)41-36)30-20-39-33-14-12-23(18-29(30)33)22-11-13-31-24(15-22)16-26(40-31)17-25-19-38-32-9-5-3-7-27(25)32/h3-16,18-21,38-41H,17H2,1-2H3. The van der Waals surface area contributed by atoms with Crippen molar-refractivity contribution in [3.05, 3.63) is 131 Å². The molecule has 4 aromatic carbocycles. The fourth-order valence-electron chi connectivity index (χ4n) is 6.60. The SMILES string of the molecule is COC(=O)c1c(C(C)c2c[nH]c3ccc(-c4ccc5[nH]c(Cc6c[nH]c7ccccc67)cc5c4)cc23)[nH]c2ccccc12. The molecular weight excluding hydrogens is 532 g/mol. The van der Waals surface area contributed by atoms with E-state index in [2.05, 4.69) is 106 Å². The number of methoxy groups -OCH3 is 1. The van der Waals surface area contributed by atoms with Crippen LogP contribution in [0.25, 0.3) is 54.7 Å². The van der Waals surface area contributed by atoms with Crippen molar-refractivity contribution in [2.24, 2.45) is 0 Å². The first-order valence-corrected chi connectivity index (χ1v) is 14.5. The molecule has 0 saturated heterocycles. The summed E-state index contributed by atoms with van der Waals surface area (Å²) < 4.78 is 5.19. The van der Waals surface area contributed by atoms with Crippen molar-refractivity contribution in [1.82, 2.24) is 19.9 Å². The highest BCUT2D eigenvalue weighted by molar-refractivity contribution is 6.06. The lowest BCUT2D eigenvalue weighted by Gasteiger charge is -2.12. The predicted molar refractivity (Wildman–Crippen MR) is 174 cm³/mol. The Morgan fingerprint density at radius 1 is 0.721 bits per heavy atom. The van der Waals surface area contributed by atoms with Gasteiger partial charge in [-0.2, -0.15) is 0 Å². The van der Waals surface area contributed by atoms with Gasteiger partial charge in [0.15, 0.2) is 0 Å². The van der Waals surface area contributed by atoms with Gasteiger partial charge in [-0.15, -0.1) is 0 Å². The number of hydrogen-bond donors (Lipinski definition) is 4. The lowest BCUT2D eigenvalue weighted by atomic mass is 9.92. The lowest BCUT2D eigenvalue weighted by Crippen LogP contribution is -2.07. The van der Waals surface area contributed by atoms with Gasteiger partial charge in [0, 0.05) is 79.7 Å². The Labute approximate surface area is 247 Å². The number of rotatable bonds is 6. The number of carbonyl (C=O) groups excluding carboxylic acids is 1. The number of aromatic amines is 4. The van der Waals surface area contributed by atoms with Crippen LogP contribution >= 0.6 is 0 Å². The molecule has 0 fully saturated rings. The number of nitrogens with one attached hydrogen (secondary N) is 4. The third-order valence-electron chi connectivity index (χ3n) is 8.80. The Morgan fingerprint density at radius 3 is 2.26 bits per heavy atom. The molecule has 0 bridgehead atoms. The van der Waals surface area contributed by atoms with Crippen LogP contribution in [0, 0.1) is 0 Å². The quantitative estimate of drug-likeness (QED) is 0.153. The number of ether oxygens (including phenoxy) is 1. The van der Waals surface area contributed by atoms with E-state index in [1.54, 1.807) is 0 Å². The Kier molecular flexibility index (Phi) is 5.76. The second-order valence-corrected chi connectivity index (χ2v) is 11.3. The number of esters is 1. The van der Waals surface area contributed by atoms with Crippen LogP contribution in [0.15, 0.2) is 103 Å². The molecule has 4 N–H and O–H groups in total. The maximum absolute atomic E-state index is 12.9. The molecule has 4 heterocycles. The largest absolute Gasteiger partial charge is 0.465 e. The zero-order valence-electron chi connectivity index (χ0n) is 23.9. The lowest BCUT2D eigenvalue weighted by molar-refractivity contribution is 0.0601. The minimum absolute atomic E-state index is 0.0651. The molecule has 0 aliphatic rings. The molecule has 0 spiro atoms. The molecule has 6 nitrogen and oxygen atoms in total. The highest BCUT2D eigenvalue weighted by Gasteiger charge is 2.25. The minimum atomic E-state index is -0.330. The van der Waals surface area contributed by atoms with E-state index in [1.807, 2.05) is 24.3 Å². The molecule has 6 heteroatoms. The van der Waals surface area contributed by atoms with Gasteiger partial charge in [-0.25, -0.2) is 4.79 Å². The smallest absolute Gasteiger partial charge is 0.340 e. The molecule has 8 rings (SSSR count). The Balaban J connectivity index is 1.15. The van der Waals surface area contributed by atoms with E-state index < -0.39 is 0 Å². The third-order valence-corrected chi connectivity index (χ3v) is 8.80. The van der Waals surface area contributed by atoms with Crippen molar-refractivity contribution in [1.29, 1.82) is 0 Å². The molecule has 8 aromatic rings. The molecule has 0 aliphatic carbocycles. The molecule has 43 heavy (non-hydrogen) atoms. The van der Waals surface area contributed by atoms with Crippen LogP contribution in [0.2, 0.25) is 0 Å². The summed E-state index contributed by atoms with van der Waals surface area (Å²) in [5.41, 5.74) is 11.6. The van der Waals surface area contributed by atoms with E-state index in [4.69, 9.17) is 4.74 Å². The van der Waals surface area contributed by atoms with Gasteiger partial charge in [-0.05, 0) is 64.7 Å². The molecule has 1 unspecified atom stereocenters. The molecule has 0 radical (unpaired) electrons. The minimum Gasteiger partial charge on any atom is -0.465 e. The van der Waals surface area contributed by atoms with Gasteiger partial charge in [-0.1, -0.05) is 55.5 Å². The monoisotopic (exact) mass is 562 g/mol. The summed E-state index contributed by atoms with van der Waals surface area (Å²) in [5.74, 6) is -0.395. The summed E-state index contributed by atoms with van der Waals surface area (Å²) in [6, 6.07) is 31.7. The topological polar surface area (TPSA) is 89.5 Å². The third kappa shape index (κ3) is 4.14. The van der Waals surface area contributed by atoms with Gasteiger partial charge in [0.2, 0.25) is 0 Å². The average Bonchev–Trinajstić information content (AvgIpc) is 3.83. The van der Waals surface area contributed by atoms with Crippen LogP contribution in [-0.4, -0.2) is 33.0 Å². The van der Waals surface area contributed by atoms with Crippen LogP contribution < -0.4 is 0 Å². The number of H-pyrrole nitrogens is 4. The van der Waals surface area contributed by atoms with Crippen molar-refractivity contribution in [3.8, 4) is 11.1 Å². The Bertz CT molecular complexity index is 2310. The summed E-state index contributed by atoms with van der Waals surface area (Å²) in [4.78, 5) is 26.8.